The lowest BCUT2D eigenvalue weighted by atomic mass is 10.1. The Morgan fingerprint density at radius 2 is 2.09 bits per heavy atom. The van der Waals surface area contributed by atoms with Crippen molar-refractivity contribution in [2.45, 2.75) is 20.3 Å². The minimum absolute atomic E-state index is 0.109. The van der Waals surface area contributed by atoms with E-state index in [-0.39, 0.29) is 34.1 Å². The Hall–Kier alpha value is -4.54. The lowest BCUT2D eigenvalue weighted by Crippen LogP contribution is -2.20. The summed E-state index contributed by atoms with van der Waals surface area (Å²) >= 11 is 0. The topological polar surface area (TPSA) is 149 Å². The average molecular weight is 434 g/mol. The highest BCUT2D eigenvalue weighted by Crippen LogP contribution is 2.26. The number of carbonyl (C=O) groups excluding carboxylic acids is 1. The van der Waals surface area contributed by atoms with Gasteiger partial charge < -0.3 is 9.73 Å². The first-order valence-electron chi connectivity index (χ1n) is 9.67. The second kappa shape index (κ2) is 8.30. The van der Waals surface area contributed by atoms with Gasteiger partial charge in [-0.25, -0.2) is 4.98 Å². The van der Waals surface area contributed by atoms with Gasteiger partial charge in [-0.2, -0.15) is 9.78 Å². The minimum Gasteiger partial charge on any atom is -0.463 e. The Kier molecular flexibility index (Phi) is 5.37. The maximum Gasteiger partial charge on any atom is 0.273 e. The number of hydrogen-bond donors (Lipinski definition) is 2. The lowest BCUT2D eigenvalue weighted by molar-refractivity contribution is -0.385. The van der Waals surface area contributed by atoms with Gasteiger partial charge in [0, 0.05) is 35.0 Å². The van der Waals surface area contributed by atoms with Crippen LogP contribution in [0.4, 0.5) is 11.5 Å². The van der Waals surface area contributed by atoms with Crippen molar-refractivity contribution < 1.29 is 14.1 Å². The number of nitro groups is 1. The molecule has 0 bridgehead atoms. The smallest absolute Gasteiger partial charge is 0.273 e. The molecule has 1 aromatic carbocycles. The van der Waals surface area contributed by atoms with E-state index in [1.54, 1.807) is 18.2 Å². The van der Waals surface area contributed by atoms with Gasteiger partial charge in [-0.15, -0.1) is 0 Å². The minimum atomic E-state index is -0.577. The highest BCUT2D eigenvalue weighted by atomic mass is 16.6. The fourth-order valence-corrected chi connectivity index (χ4v) is 3.20. The number of H-pyrrole nitrogens is 1. The third kappa shape index (κ3) is 3.90. The second-order valence-corrected chi connectivity index (χ2v) is 6.88. The number of aromatic nitrogens is 4. The molecule has 0 saturated heterocycles. The van der Waals surface area contributed by atoms with E-state index in [0.29, 0.717) is 23.6 Å². The van der Waals surface area contributed by atoms with Crippen LogP contribution in [0.5, 0.6) is 0 Å². The zero-order valence-electron chi connectivity index (χ0n) is 17.2. The molecular formula is C21H18N6O5. The normalized spacial score (nSPS) is 10.8. The van der Waals surface area contributed by atoms with Crippen molar-refractivity contribution in [1.82, 2.24) is 19.7 Å². The molecule has 162 valence electrons. The van der Waals surface area contributed by atoms with E-state index in [1.807, 2.05) is 6.92 Å². The average Bonchev–Trinajstić information content (AvgIpc) is 3.43. The molecule has 0 fully saturated rings. The Morgan fingerprint density at radius 3 is 2.78 bits per heavy atom. The summed E-state index contributed by atoms with van der Waals surface area (Å²) in [4.78, 5) is 42.7. The maximum atomic E-state index is 13.0. The van der Waals surface area contributed by atoms with E-state index in [9.17, 15) is 19.7 Å². The summed E-state index contributed by atoms with van der Waals surface area (Å²) in [7, 11) is 0. The van der Waals surface area contributed by atoms with Crippen LogP contribution in [-0.2, 0) is 6.42 Å². The number of furan rings is 1. The van der Waals surface area contributed by atoms with Gasteiger partial charge in [0.1, 0.15) is 11.5 Å². The predicted octanol–water partition coefficient (Wildman–Crippen LogP) is 3.25. The van der Waals surface area contributed by atoms with Crippen LogP contribution in [0.1, 0.15) is 28.5 Å². The first kappa shape index (κ1) is 20.7. The molecular weight excluding hydrogens is 416 g/mol. The molecule has 4 rings (SSSR count). The summed E-state index contributed by atoms with van der Waals surface area (Å²) < 4.78 is 6.67. The van der Waals surface area contributed by atoms with Crippen molar-refractivity contribution in [2.24, 2.45) is 0 Å². The maximum absolute atomic E-state index is 13.0. The van der Waals surface area contributed by atoms with Crippen LogP contribution in [0, 0.1) is 17.0 Å². The SMILES string of the molecule is CCc1cc(=O)[nH]c(-n2nc(-c3ccco3)cc2NC(=O)c2cccc([N+](=O)[O-])c2C)n1. The highest BCUT2D eigenvalue weighted by molar-refractivity contribution is 6.05. The molecule has 3 heterocycles. The molecule has 32 heavy (non-hydrogen) atoms. The van der Waals surface area contributed by atoms with Crippen LogP contribution in [-0.4, -0.2) is 30.6 Å². The van der Waals surface area contributed by atoms with Gasteiger partial charge in [-0.1, -0.05) is 13.0 Å². The number of aromatic amines is 1. The first-order valence-corrected chi connectivity index (χ1v) is 9.67. The third-order valence-corrected chi connectivity index (χ3v) is 4.82. The number of hydrogen-bond acceptors (Lipinski definition) is 7. The number of anilines is 1. The van der Waals surface area contributed by atoms with Crippen molar-refractivity contribution in [2.75, 3.05) is 5.32 Å². The van der Waals surface area contributed by atoms with Gasteiger partial charge >= 0.3 is 0 Å². The molecule has 0 saturated carbocycles. The van der Waals surface area contributed by atoms with Gasteiger partial charge in [0.25, 0.3) is 17.2 Å². The molecule has 11 nitrogen and oxygen atoms in total. The number of nitro benzene ring substituents is 1. The molecule has 0 unspecified atom stereocenters. The largest absolute Gasteiger partial charge is 0.463 e. The molecule has 11 heteroatoms. The highest BCUT2D eigenvalue weighted by Gasteiger charge is 2.21. The van der Waals surface area contributed by atoms with Gasteiger partial charge in [0.05, 0.1) is 11.2 Å². The van der Waals surface area contributed by atoms with Crippen molar-refractivity contribution in [3.05, 3.63) is 86.0 Å². The van der Waals surface area contributed by atoms with Crippen molar-refractivity contribution in [3.63, 3.8) is 0 Å². The number of carbonyl (C=O) groups is 1. The van der Waals surface area contributed by atoms with Crippen LogP contribution in [0.25, 0.3) is 17.4 Å². The van der Waals surface area contributed by atoms with E-state index in [4.69, 9.17) is 4.42 Å². The predicted molar refractivity (Wildman–Crippen MR) is 115 cm³/mol. The quantitative estimate of drug-likeness (QED) is 0.349. The van der Waals surface area contributed by atoms with Crippen molar-refractivity contribution >= 4 is 17.4 Å². The number of aryl methyl sites for hydroxylation is 1. The fraction of sp³-hybridized carbons (Fsp3) is 0.143. The summed E-state index contributed by atoms with van der Waals surface area (Å²) in [5.74, 6) is 0.175. The molecule has 0 radical (unpaired) electrons. The van der Waals surface area contributed by atoms with Crippen LogP contribution in [0.15, 0.2) is 57.9 Å². The summed E-state index contributed by atoms with van der Waals surface area (Å²) in [6.07, 6.45) is 2.01. The van der Waals surface area contributed by atoms with Gasteiger partial charge in [-0.3, -0.25) is 24.7 Å². The Bertz CT molecular complexity index is 1370. The van der Waals surface area contributed by atoms with Crippen LogP contribution in [0.2, 0.25) is 0 Å². The Balaban J connectivity index is 1.79. The van der Waals surface area contributed by atoms with Gasteiger partial charge in [-0.05, 0) is 31.5 Å². The number of nitrogens with one attached hydrogen (secondary N) is 2. The summed E-state index contributed by atoms with van der Waals surface area (Å²) in [5.41, 5.74) is 0.774. The number of amides is 1. The van der Waals surface area contributed by atoms with Gasteiger partial charge in [0.15, 0.2) is 5.76 Å². The van der Waals surface area contributed by atoms with Crippen LogP contribution < -0.4 is 10.9 Å². The lowest BCUT2D eigenvalue weighted by Gasteiger charge is -2.10. The first-order chi connectivity index (χ1) is 15.4. The molecule has 4 aromatic rings. The second-order valence-electron chi connectivity index (χ2n) is 6.88. The molecule has 0 aliphatic heterocycles. The number of rotatable bonds is 6. The van der Waals surface area contributed by atoms with E-state index in [2.05, 4.69) is 20.4 Å². The molecule has 2 N–H and O–H groups in total. The molecule has 0 aliphatic carbocycles. The van der Waals surface area contributed by atoms with Gasteiger partial charge in [0.2, 0.25) is 5.95 Å². The monoisotopic (exact) mass is 434 g/mol. The number of benzene rings is 1. The molecule has 0 spiro atoms. The Labute approximate surface area is 180 Å². The fourth-order valence-electron chi connectivity index (χ4n) is 3.20. The zero-order valence-corrected chi connectivity index (χ0v) is 17.2. The zero-order chi connectivity index (χ0) is 22.8. The van der Waals surface area contributed by atoms with E-state index in [1.165, 1.54) is 42.1 Å². The molecule has 3 aromatic heterocycles. The summed E-state index contributed by atoms with van der Waals surface area (Å²) in [6.45, 7) is 3.36. The van der Waals surface area contributed by atoms with E-state index < -0.39 is 10.8 Å². The standard InChI is InChI=1S/C21H18N6O5/c1-3-13-10-19(28)24-21(22-13)26-18(11-15(25-26)17-8-5-9-32-17)23-20(29)14-6-4-7-16(12(14)2)27(30)31/h4-11H,3H2,1-2H3,(H,23,29)(H,22,24,28). The number of nitrogens with zero attached hydrogens (tertiary/aromatic N) is 4. The summed E-state index contributed by atoms with van der Waals surface area (Å²) in [5, 5.41) is 18.4. The van der Waals surface area contributed by atoms with E-state index >= 15 is 0 Å². The Morgan fingerprint density at radius 1 is 1.28 bits per heavy atom. The van der Waals surface area contributed by atoms with E-state index in [0.717, 1.165) is 0 Å². The summed E-state index contributed by atoms with van der Waals surface area (Å²) in [6, 6.07) is 10.6. The van der Waals surface area contributed by atoms with Crippen LogP contribution in [0.3, 0.4) is 0 Å². The van der Waals surface area contributed by atoms with Crippen molar-refractivity contribution in [1.29, 1.82) is 0 Å². The van der Waals surface area contributed by atoms with Crippen LogP contribution >= 0.6 is 0 Å². The third-order valence-electron chi connectivity index (χ3n) is 4.82. The molecule has 0 atom stereocenters. The van der Waals surface area contributed by atoms with Crippen molar-refractivity contribution in [3.8, 4) is 17.4 Å². The molecule has 1 amide bonds. The molecule has 0 aliphatic rings.